The Morgan fingerprint density at radius 1 is 1.35 bits per heavy atom. The number of hydrogen-bond donors (Lipinski definition) is 1. The van der Waals surface area contributed by atoms with Crippen molar-refractivity contribution in [2.24, 2.45) is 0 Å². The average Bonchev–Trinajstić information content (AvgIpc) is 3.01. The van der Waals surface area contributed by atoms with Gasteiger partial charge in [-0.2, -0.15) is 0 Å². The van der Waals surface area contributed by atoms with Crippen molar-refractivity contribution in [3.63, 3.8) is 0 Å². The molecule has 1 unspecified atom stereocenters. The highest BCUT2D eigenvalue weighted by atomic mass is 79.9. The number of hydrogen-bond acceptors (Lipinski definition) is 3. The van der Waals surface area contributed by atoms with E-state index in [-0.39, 0.29) is 17.9 Å². The van der Waals surface area contributed by atoms with E-state index in [0.29, 0.717) is 26.1 Å². The summed E-state index contributed by atoms with van der Waals surface area (Å²) in [6.07, 6.45) is 2.54. The van der Waals surface area contributed by atoms with Gasteiger partial charge < -0.3 is 15.0 Å². The van der Waals surface area contributed by atoms with Crippen molar-refractivity contribution >= 4 is 27.7 Å². The van der Waals surface area contributed by atoms with Crippen LogP contribution in [0.15, 0.2) is 28.7 Å². The van der Waals surface area contributed by atoms with Gasteiger partial charge in [0.15, 0.2) is 0 Å². The molecule has 1 saturated heterocycles. The second-order valence-corrected chi connectivity index (χ2v) is 6.67. The van der Waals surface area contributed by atoms with Gasteiger partial charge >= 0.3 is 0 Å². The molecule has 1 aliphatic rings. The maximum absolute atomic E-state index is 11.9. The number of carbonyl (C=O) groups is 2. The SMILES string of the molecule is CC(=O)N(CCNC(=O)Cc1ccc(Br)cc1)CC1CCCO1. The van der Waals surface area contributed by atoms with Gasteiger partial charge in [0.1, 0.15) is 0 Å². The summed E-state index contributed by atoms with van der Waals surface area (Å²) in [6, 6.07) is 7.68. The van der Waals surface area contributed by atoms with Crippen LogP contribution in [0.4, 0.5) is 0 Å². The highest BCUT2D eigenvalue weighted by Crippen LogP contribution is 2.13. The minimum absolute atomic E-state index is 0.0164. The molecule has 1 aromatic rings. The normalized spacial score (nSPS) is 17.0. The molecule has 1 aromatic carbocycles. The molecule has 0 radical (unpaired) electrons. The van der Waals surface area contributed by atoms with Crippen LogP contribution in [0.2, 0.25) is 0 Å². The molecule has 0 bridgehead atoms. The quantitative estimate of drug-likeness (QED) is 0.785. The first-order valence-electron chi connectivity index (χ1n) is 7.93. The molecular formula is C17H23BrN2O3. The first-order valence-corrected chi connectivity index (χ1v) is 8.72. The van der Waals surface area contributed by atoms with Crippen molar-refractivity contribution in [1.82, 2.24) is 10.2 Å². The fraction of sp³-hybridized carbons (Fsp3) is 0.529. The van der Waals surface area contributed by atoms with Gasteiger partial charge in [-0.1, -0.05) is 28.1 Å². The Balaban J connectivity index is 1.71. The maximum atomic E-state index is 11.9. The zero-order chi connectivity index (χ0) is 16.7. The summed E-state index contributed by atoms with van der Waals surface area (Å²) in [7, 11) is 0. The fourth-order valence-electron chi connectivity index (χ4n) is 2.59. The Bertz CT molecular complexity index is 527. The van der Waals surface area contributed by atoms with Crippen LogP contribution in [0.1, 0.15) is 25.3 Å². The van der Waals surface area contributed by atoms with E-state index in [2.05, 4.69) is 21.2 Å². The van der Waals surface area contributed by atoms with Crippen molar-refractivity contribution in [2.45, 2.75) is 32.3 Å². The minimum atomic E-state index is -0.0343. The number of amides is 2. The number of nitrogens with one attached hydrogen (secondary N) is 1. The molecule has 1 N–H and O–H groups in total. The Morgan fingerprint density at radius 2 is 2.09 bits per heavy atom. The summed E-state index contributed by atoms with van der Waals surface area (Å²) in [5, 5.41) is 2.87. The van der Waals surface area contributed by atoms with E-state index in [1.807, 2.05) is 24.3 Å². The Hall–Kier alpha value is -1.40. The lowest BCUT2D eigenvalue weighted by molar-refractivity contribution is -0.131. The van der Waals surface area contributed by atoms with Crippen LogP contribution >= 0.6 is 15.9 Å². The first kappa shape index (κ1) is 17.9. The van der Waals surface area contributed by atoms with E-state index >= 15 is 0 Å². The number of rotatable bonds is 7. The summed E-state index contributed by atoms with van der Waals surface area (Å²) in [5.41, 5.74) is 0.966. The highest BCUT2D eigenvalue weighted by Gasteiger charge is 2.20. The van der Waals surface area contributed by atoms with Gasteiger partial charge in [0.2, 0.25) is 11.8 Å². The molecule has 2 amide bonds. The van der Waals surface area contributed by atoms with Crippen LogP contribution in [0.3, 0.4) is 0 Å². The number of benzene rings is 1. The molecule has 0 aliphatic carbocycles. The number of ether oxygens (including phenoxy) is 1. The summed E-state index contributed by atoms with van der Waals surface area (Å²) < 4.78 is 6.56. The second-order valence-electron chi connectivity index (χ2n) is 5.75. The second kappa shape index (κ2) is 9.03. The molecule has 5 nitrogen and oxygen atoms in total. The topological polar surface area (TPSA) is 58.6 Å². The predicted octanol–water partition coefficient (Wildman–Crippen LogP) is 2.14. The largest absolute Gasteiger partial charge is 0.376 e. The molecule has 1 fully saturated rings. The van der Waals surface area contributed by atoms with Gasteiger partial charge in [-0.15, -0.1) is 0 Å². The lowest BCUT2D eigenvalue weighted by Gasteiger charge is -2.24. The van der Waals surface area contributed by atoms with E-state index in [4.69, 9.17) is 4.74 Å². The minimum Gasteiger partial charge on any atom is -0.376 e. The van der Waals surface area contributed by atoms with E-state index in [0.717, 1.165) is 29.5 Å². The zero-order valence-electron chi connectivity index (χ0n) is 13.4. The molecule has 1 aliphatic heterocycles. The van der Waals surface area contributed by atoms with Gasteiger partial charge in [-0.05, 0) is 30.5 Å². The third-order valence-corrected chi connectivity index (χ3v) is 4.40. The monoisotopic (exact) mass is 382 g/mol. The third kappa shape index (κ3) is 6.31. The van der Waals surface area contributed by atoms with Crippen LogP contribution < -0.4 is 5.32 Å². The summed E-state index contributed by atoms with van der Waals surface area (Å²) >= 11 is 3.37. The van der Waals surface area contributed by atoms with Crippen LogP contribution in [0.25, 0.3) is 0 Å². The molecule has 1 atom stereocenters. The van der Waals surface area contributed by atoms with Crippen molar-refractivity contribution < 1.29 is 14.3 Å². The summed E-state index contributed by atoms with van der Waals surface area (Å²) in [6.45, 7) is 3.92. The van der Waals surface area contributed by atoms with E-state index in [1.54, 1.807) is 11.8 Å². The molecule has 2 rings (SSSR count). The average molecular weight is 383 g/mol. The van der Waals surface area contributed by atoms with Crippen molar-refractivity contribution in [3.8, 4) is 0 Å². The maximum Gasteiger partial charge on any atom is 0.224 e. The Morgan fingerprint density at radius 3 is 2.70 bits per heavy atom. The van der Waals surface area contributed by atoms with Gasteiger partial charge in [0, 0.05) is 37.6 Å². The van der Waals surface area contributed by atoms with Crippen molar-refractivity contribution in [1.29, 1.82) is 0 Å². The Labute approximate surface area is 145 Å². The molecule has 0 saturated carbocycles. The number of carbonyl (C=O) groups excluding carboxylic acids is 2. The van der Waals surface area contributed by atoms with Crippen molar-refractivity contribution in [3.05, 3.63) is 34.3 Å². The molecule has 0 aromatic heterocycles. The zero-order valence-corrected chi connectivity index (χ0v) is 15.0. The van der Waals surface area contributed by atoms with Gasteiger partial charge in [0.25, 0.3) is 0 Å². The standard InChI is InChI=1S/C17H23BrN2O3/c1-13(21)20(12-16-3-2-10-23-16)9-8-19-17(22)11-14-4-6-15(18)7-5-14/h4-7,16H,2-3,8-12H2,1H3,(H,19,22). The Kier molecular flexibility index (Phi) is 7.05. The summed E-state index contributed by atoms with van der Waals surface area (Å²) in [4.78, 5) is 25.4. The van der Waals surface area contributed by atoms with Crippen LogP contribution in [0.5, 0.6) is 0 Å². The lowest BCUT2D eigenvalue weighted by atomic mass is 10.1. The van der Waals surface area contributed by atoms with Crippen LogP contribution in [-0.2, 0) is 20.7 Å². The first-order chi connectivity index (χ1) is 11.0. The fourth-order valence-corrected chi connectivity index (χ4v) is 2.86. The van der Waals surface area contributed by atoms with Gasteiger partial charge in [-0.25, -0.2) is 0 Å². The van der Waals surface area contributed by atoms with Gasteiger partial charge in [-0.3, -0.25) is 9.59 Å². The highest BCUT2D eigenvalue weighted by molar-refractivity contribution is 9.10. The van der Waals surface area contributed by atoms with E-state index in [9.17, 15) is 9.59 Å². The number of nitrogens with zero attached hydrogens (tertiary/aromatic N) is 1. The van der Waals surface area contributed by atoms with Crippen LogP contribution in [0, 0.1) is 0 Å². The number of halogens is 1. The van der Waals surface area contributed by atoms with E-state index in [1.165, 1.54) is 0 Å². The van der Waals surface area contributed by atoms with Crippen LogP contribution in [-0.4, -0.2) is 49.1 Å². The van der Waals surface area contributed by atoms with Gasteiger partial charge in [0.05, 0.1) is 12.5 Å². The molecular weight excluding hydrogens is 360 g/mol. The molecule has 6 heteroatoms. The molecule has 126 valence electrons. The van der Waals surface area contributed by atoms with E-state index < -0.39 is 0 Å². The third-order valence-electron chi connectivity index (χ3n) is 3.88. The molecule has 1 heterocycles. The van der Waals surface area contributed by atoms with Crippen molar-refractivity contribution in [2.75, 3.05) is 26.2 Å². The smallest absolute Gasteiger partial charge is 0.224 e. The predicted molar refractivity (Wildman–Crippen MR) is 92.1 cm³/mol. The molecule has 0 spiro atoms. The lowest BCUT2D eigenvalue weighted by Crippen LogP contribution is -2.41. The molecule has 23 heavy (non-hydrogen) atoms. The summed E-state index contributed by atoms with van der Waals surface area (Å²) in [5.74, 6) is -0.0180.